The Morgan fingerprint density at radius 3 is 2.12 bits per heavy atom. The Hall–Kier alpha value is -4.02. The number of alkyl halides is 3. The molecule has 4 rings (SSSR count). The summed E-state index contributed by atoms with van der Waals surface area (Å²) in [5, 5.41) is 0.190. The summed E-state index contributed by atoms with van der Waals surface area (Å²) in [6, 6.07) is 14.5. The molecule has 0 amide bonds. The molecule has 1 aromatic heterocycles. The number of hydrogen-bond donors (Lipinski definition) is 0. The lowest BCUT2D eigenvalue weighted by atomic mass is 10.1. The van der Waals surface area contributed by atoms with Gasteiger partial charge in [-0.3, -0.25) is 9.69 Å². The Bertz CT molecular complexity index is 1610. The molecule has 0 aliphatic carbocycles. The minimum absolute atomic E-state index is 0.0220. The number of fused-ring (bicyclic) bond motifs is 1. The second-order valence-corrected chi connectivity index (χ2v) is 10.1. The zero-order valence-electron chi connectivity index (χ0n) is 23.9. The van der Waals surface area contributed by atoms with Crippen molar-refractivity contribution in [3.05, 3.63) is 92.8 Å². The number of halogens is 4. The zero-order chi connectivity index (χ0) is 31.1. The topological polar surface area (TPSA) is 78.2 Å². The van der Waals surface area contributed by atoms with Gasteiger partial charge in [-0.15, -0.1) is 0 Å². The SMILES string of the molecule is CCCN(CCC)Cc1c(OC(=O)c2ccc(OCC)cc2)ccc2c(=O)c(Oc3ccc(Cl)cc3)c(C(F)(F)F)oc12. The third-order valence-corrected chi connectivity index (χ3v) is 6.69. The third kappa shape index (κ3) is 7.69. The molecule has 228 valence electrons. The second kappa shape index (κ2) is 14.0. The van der Waals surface area contributed by atoms with Crippen LogP contribution in [0.25, 0.3) is 11.0 Å². The zero-order valence-corrected chi connectivity index (χ0v) is 24.7. The number of ether oxygens (including phenoxy) is 3. The number of nitrogens with zero attached hydrogens (tertiary/aromatic N) is 1. The van der Waals surface area contributed by atoms with E-state index < -0.39 is 29.1 Å². The van der Waals surface area contributed by atoms with Crippen LogP contribution in [0.15, 0.2) is 69.9 Å². The number of carbonyl (C=O) groups excluding carboxylic acids is 1. The standard InChI is InChI=1S/C32H31ClF3NO6/c1-4-17-37(18-5-2)19-25-26(42-31(39)20-7-11-22(12-8-20)40-6-3)16-15-24-27(38)29(30(32(34,35)36)43-28(24)25)41-23-13-9-21(33)10-14-23/h7-16H,4-6,17-19H2,1-3H3. The fourth-order valence-electron chi connectivity index (χ4n) is 4.56. The van der Waals surface area contributed by atoms with Gasteiger partial charge in [0.15, 0.2) is 0 Å². The molecule has 0 aliphatic rings. The Morgan fingerprint density at radius 2 is 1.53 bits per heavy atom. The van der Waals surface area contributed by atoms with E-state index in [0.29, 0.717) is 30.5 Å². The van der Waals surface area contributed by atoms with E-state index in [4.69, 9.17) is 30.2 Å². The van der Waals surface area contributed by atoms with E-state index in [2.05, 4.69) is 0 Å². The lowest BCUT2D eigenvalue weighted by molar-refractivity contribution is -0.154. The van der Waals surface area contributed by atoms with Crippen LogP contribution in [0.2, 0.25) is 5.02 Å². The predicted molar refractivity (Wildman–Crippen MR) is 157 cm³/mol. The van der Waals surface area contributed by atoms with Crippen LogP contribution in [0.1, 0.15) is 55.3 Å². The Labute approximate surface area is 251 Å². The van der Waals surface area contributed by atoms with Crippen molar-refractivity contribution in [1.29, 1.82) is 0 Å². The first kappa shape index (κ1) is 31.9. The van der Waals surface area contributed by atoms with E-state index in [1.807, 2.05) is 25.7 Å². The number of esters is 1. The molecule has 4 aromatic rings. The molecule has 0 atom stereocenters. The van der Waals surface area contributed by atoms with Crippen LogP contribution in [0.5, 0.6) is 23.0 Å². The first-order valence-electron chi connectivity index (χ1n) is 13.9. The molecule has 0 radical (unpaired) electrons. The van der Waals surface area contributed by atoms with Crippen molar-refractivity contribution in [2.45, 2.75) is 46.3 Å². The molecule has 0 saturated heterocycles. The number of benzene rings is 3. The summed E-state index contributed by atoms with van der Waals surface area (Å²) in [6.45, 7) is 7.53. The lowest BCUT2D eigenvalue weighted by Gasteiger charge is -2.23. The Morgan fingerprint density at radius 1 is 0.907 bits per heavy atom. The highest BCUT2D eigenvalue weighted by Gasteiger charge is 2.41. The van der Waals surface area contributed by atoms with Crippen molar-refractivity contribution in [2.24, 2.45) is 0 Å². The molecule has 43 heavy (non-hydrogen) atoms. The summed E-state index contributed by atoms with van der Waals surface area (Å²) in [7, 11) is 0. The summed E-state index contributed by atoms with van der Waals surface area (Å²) in [5.41, 5.74) is -1.02. The lowest BCUT2D eigenvalue weighted by Crippen LogP contribution is -2.26. The van der Waals surface area contributed by atoms with Crippen LogP contribution in [0, 0.1) is 0 Å². The van der Waals surface area contributed by atoms with Gasteiger partial charge in [-0.1, -0.05) is 25.4 Å². The molecule has 7 nitrogen and oxygen atoms in total. The van der Waals surface area contributed by atoms with Crippen LogP contribution >= 0.6 is 11.6 Å². The number of rotatable bonds is 12. The normalized spacial score (nSPS) is 11.6. The van der Waals surface area contributed by atoms with Crippen molar-refractivity contribution >= 4 is 28.5 Å². The summed E-state index contributed by atoms with van der Waals surface area (Å²) in [4.78, 5) is 28.7. The number of hydrogen-bond acceptors (Lipinski definition) is 7. The maximum absolute atomic E-state index is 14.3. The van der Waals surface area contributed by atoms with Gasteiger partial charge in [-0.05, 0) is 93.5 Å². The molecule has 3 aromatic carbocycles. The Balaban J connectivity index is 1.87. The summed E-state index contributed by atoms with van der Waals surface area (Å²) < 4.78 is 65.0. The summed E-state index contributed by atoms with van der Waals surface area (Å²) >= 11 is 5.88. The highest BCUT2D eigenvalue weighted by molar-refractivity contribution is 6.30. The molecule has 0 bridgehead atoms. The molecular formula is C32H31ClF3NO6. The first-order chi connectivity index (χ1) is 20.5. The van der Waals surface area contributed by atoms with Crippen molar-refractivity contribution in [2.75, 3.05) is 19.7 Å². The van der Waals surface area contributed by atoms with Gasteiger partial charge < -0.3 is 18.6 Å². The van der Waals surface area contributed by atoms with Gasteiger partial charge in [0, 0.05) is 11.6 Å². The second-order valence-electron chi connectivity index (χ2n) is 9.69. The van der Waals surface area contributed by atoms with Crippen molar-refractivity contribution < 1.29 is 36.6 Å². The van der Waals surface area contributed by atoms with Gasteiger partial charge in [-0.2, -0.15) is 13.2 Å². The monoisotopic (exact) mass is 617 g/mol. The average molecular weight is 618 g/mol. The van der Waals surface area contributed by atoms with E-state index >= 15 is 0 Å². The summed E-state index contributed by atoms with van der Waals surface area (Å²) in [6.07, 6.45) is -3.54. The molecule has 0 saturated carbocycles. The molecule has 0 unspecified atom stereocenters. The van der Waals surface area contributed by atoms with Crippen molar-refractivity contribution in [3.63, 3.8) is 0 Å². The first-order valence-corrected chi connectivity index (χ1v) is 14.2. The minimum Gasteiger partial charge on any atom is -0.494 e. The van der Waals surface area contributed by atoms with E-state index in [0.717, 1.165) is 12.8 Å². The van der Waals surface area contributed by atoms with E-state index in [9.17, 15) is 22.8 Å². The fraction of sp³-hybridized carbons (Fsp3) is 0.312. The van der Waals surface area contributed by atoms with Gasteiger partial charge in [0.1, 0.15) is 22.8 Å². The van der Waals surface area contributed by atoms with Crippen molar-refractivity contribution in [1.82, 2.24) is 4.90 Å². The smallest absolute Gasteiger partial charge is 0.453 e. The molecular weight excluding hydrogens is 587 g/mol. The third-order valence-electron chi connectivity index (χ3n) is 6.43. The molecule has 11 heteroatoms. The fourth-order valence-corrected chi connectivity index (χ4v) is 4.69. The van der Waals surface area contributed by atoms with Gasteiger partial charge in [0.05, 0.1) is 23.1 Å². The molecule has 1 heterocycles. The molecule has 0 fully saturated rings. The van der Waals surface area contributed by atoms with E-state index in [1.54, 1.807) is 12.1 Å². The Kier molecular flexibility index (Phi) is 10.4. The van der Waals surface area contributed by atoms with E-state index in [-0.39, 0.29) is 40.1 Å². The van der Waals surface area contributed by atoms with Crippen LogP contribution in [-0.4, -0.2) is 30.6 Å². The van der Waals surface area contributed by atoms with Gasteiger partial charge in [-0.25, -0.2) is 4.79 Å². The van der Waals surface area contributed by atoms with Crippen LogP contribution in [0.3, 0.4) is 0 Å². The van der Waals surface area contributed by atoms with E-state index in [1.165, 1.54) is 48.5 Å². The predicted octanol–water partition coefficient (Wildman–Crippen LogP) is 8.50. The quantitative estimate of drug-likeness (QED) is 0.116. The molecule has 0 aliphatic heterocycles. The van der Waals surface area contributed by atoms with Gasteiger partial charge in [0.2, 0.25) is 11.2 Å². The maximum atomic E-state index is 14.3. The largest absolute Gasteiger partial charge is 0.494 e. The van der Waals surface area contributed by atoms with Crippen molar-refractivity contribution in [3.8, 4) is 23.0 Å². The molecule has 0 N–H and O–H groups in total. The maximum Gasteiger partial charge on any atom is 0.453 e. The minimum atomic E-state index is -5.08. The highest BCUT2D eigenvalue weighted by atomic mass is 35.5. The van der Waals surface area contributed by atoms with Crippen LogP contribution in [0.4, 0.5) is 13.2 Å². The van der Waals surface area contributed by atoms with Crippen LogP contribution in [-0.2, 0) is 12.7 Å². The highest BCUT2D eigenvalue weighted by Crippen LogP contribution is 2.40. The van der Waals surface area contributed by atoms with Gasteiger partial charge in [0.25, 0.3) is 5.76 Å². The average Bonchev–Trinajstić information content (AvgIpc) is 2.96. The molecule has 0 spiro atoms. The van der Waals surface area contributed by atoms with Gasteiger partial charge >= 0.3 is 12.1 Å². The summed E-state index contributed by atoms with van der Waals surface area (Å²) in [5.74, 6) is -2.83. The number of carbonyl (C=O) groups is 1. The van der Waals surface area contributed by atoms with Crippen LogP contribution < -0.4 is 19.6 Å².